The second-order valence-electron chi connectivity index (χ2n) is 4.88. The van der Waals surface area contributed by atoms with E-state index < -0.39 is 24.5 Å². The van der Waals surface area contributed by atoms with E-state index >= 15 is 0 Å². The summed E-state index contributed by atoms with van der Waals surface area (Å²) >= 11 is 0. The maximum absolute atomic E-state index is 12.0. The van der Waals surface area contributed by atoms with E-state index in [1.54, 1.807) is 24.3 Å². The Hall–Kier alpha value is -2.61. The fourth-order valence-corrected chi connectivity index (χ4v) is 2.20. The Bertz CT molecular complexity index is 603. The third kappa shape index (κ3) is 3.98. The summed E-state index contributed by atoms with van der Waals surface area (Å²) in [5.41, 5.74) is 0.600. The van der Waals surface area contributed by atoms with E-state index in [9.17, 15) is 14.4 Å². The summed E-state index contributed by atoms with van der Waals surface area (Å²) in [6, 6.07) is 5.93. The van der Waals surface area contributed by atoms with Crippen LogP contribution in [0.3, 0.4) is 0 Å². The molecule has 0 radical (unpaired) electrons. The Morgan fingerprint density at radius 1 is 1.43 bits per heavy atom. The summed E-state index contributed by atoms with van der Waals surface area (Å²) in [6.45, 7) is -0.498. The number of nitrogens with one attached hydrogen (secondary N) is 1. The van der Waals surface area contributed by atoms with Gasteiger partial charge in [0.2, 0.25) is 5.91 Å². The molecule has 0 saturated heterocycles. The Kier molecular flexibility index (Phi) is 5.53. The Labute approximate surface area is 133 Å². The zero-order valence-corrected chi connectivity index (χ0v) is 12.7. The van der Waals surface area contributed by atoms with Crippen LogP contribution in [-0.4, -0.2) is 55.8 Å². The highest BCUT2D eigenvalue weighted by molar-refractivity contribution is 5.98. The molecule has 0 spiro atoms. The number of nitrogens with zero attached hydrogens (tertiary/aromatic N) is 1. The highest BCUT2D eigenvalue weighted by Crippen LogP contribution is 2.31. The third-order valence-electron chi connectivity index (χ3n) is 3.37. The van der Waals surface area contributed by atoms with Gasteiger partial charge in [-0.25, -0.2) is 4.79 Å². The summed E-state index contributed by atoms with van der Waals surface area (Å²) in [5, 5.41) is 11.4. The van der Waals surface area contributed by atoms with Gasteiger partial charge in [-0.15, -0.1) is 0 Å². The number of carbonyl (C=O) groups excluding carboxylic acids is 3. The van der Waals surface area contributed by atoms with Crippen molar-refractivity contribution in [2.45, 2.75) is 12.5 Å². The number of methoxy groups -OCH3 is 1. The van der Waals surface area contributed by atoms with Gasteiger partial charge >= 0.3 is 5.97 Å². The van der Waals surface area contributed by atoms with Crippen molar-refractivity contribution in [1.82, 2.24) is 5.32 Å². The monoisotopic (exact) mass is 322 g/mol. The van der Waals surface area contributed by atoms with E-state index in [0.717, 1.165) is 0 Å². The number of esters is 1. The zero-order valence-electron chi connectivity index (χ0n) is 12.7. The number of hydrogen-bond donors (Lipinski definition) is 2. The summed E-state index contributed by atoms with van der Waals surface area (Å²) < 4.78 is 9.78. The van der Waals surface area contributed by atoms with Crippen molar-refractivity contribution in [3.8, 4) is 5.75 Å². The second-order valence-corrected chi connectivity index (χ2v) is 4.88. The topological polar surface area (TPSA) is 105 Å². The number of aliphatic hydroxyl groups excluding tert-OH is 1. The van der Waals surface area contributed by atoms with E-state index in [1.165, 1.54) is 12.0 Å². The fourth-order valence-electron chi connectivity index (χ4n) is 2.20. The standard InChI is InChI=1S/C15H18N2O6/c1-22-15(21)10(8-18)16-13(19)6-7-17-11-4-2-3-5-12(11)23-9-14(17)20/h2-5,10,18H,6-9H2,1H3,(H,16,19)/t10-/m0/s1. The van der Waals surface area contributed by atoms with Crippen LogP contribution in [0.25, 0.3) is 0 Å². The van der Waals surface area contributed by atoms with Gasteiger partial charge in [-0.1, -0.05) is 12.1 Å². The summed E-state index contributed by atoms with van der Waals surface area (Å²) in [6.07, 6.45) is -0.0203. The number of anilines is 1. The van der Waals surface area contributed by atoms with E-state index in [1.807, 2.05) is 0 Å². The molecule has 0 bridgehead atoms. The van der Waals surface area contributed by atoms with Crippen LogP contribution in [0.1, 0.15) is 6.42 Å². The molecular formula is C15H18N2O6. The molecule has 0 fully saturated rings. The van der Waals surface area contributed by atoms with Crippen LogP contribution in [0.15, 0.2) is 24.3 Å². The molecule has 8 nitrogen and oxygen atoms in total. The van der Waals surface area contributed by atoms with Gasteiger partial charge in [0.1, 0.15) is 5.75 Å². The first kappa shape index (κ1) is 16.8. The van der Waals surface area contributed by atoms with E-state index in [0.29, 0.717) is 11.4 Å². The number of amides is 2. The lowest BCUT2D eigenvalue weighted by atomic mass is 10.2. The highest BCUT2D eigenvalue weighted by atomic mass is 16.5. The number of carbonyl (C=O) groups is 3. The normalized spacial score (nSPS) is 14.5. The summed E-state index contributed by atoms with van der Waals surface area (Å²) in [7, 11) is 1.17. The Morgan fingerprint density at radius 3 is 2.87 bits per heavy atom. The van der Waals surface area contributed by atoms with Gasteiger partial charge in [0.15, 0.2) is 12.6 Å². The Balaban J connectivity index is 1.96. The lowest BCUT2D eigenvalue weighted by Crippen LogP contribution is -2.46. The molecule has 1 heterocycles. The van der Waals surface area contributed by atoms with Crippen LogP contribution < -0.4 is 15.0 Å². The number of para-hydroxylation sites is 2. The van der Waals surface area contributed by atoms with Crippen LogP contribution >= 0.6 is 0 Å². The minimum atomic E-state index is -1.11. The first-order valence-electron chi connectivity index (χ1n) is 7.07. The predicted molar refractivity (Wildman–Crippen MR) is 79.9 cm³/mol. The predicted octanol–water partition coefficient (Wildman–Crippen LogP) is -0.548. The zero-order chi connectivity index (χ0) is 16.8. The molecule has 1 atom stereocenters. The van der Waals surface area contributed by atoms with Gasteiger partial charge in [0.05, 0.1) is 19.4 Å². The van der Waals surface area contributed by atoms with Crippen molar-refractivity contribution in [3.63, 3.8) is 0 Å². The van der Waals surface area contributed by atoms with Gasteiger partial charge in [-0.2, -0.15) is 0 Å². The molecule has 2 amide bonds. The number of fused-ring (bicyclic) bond motifs is 1. The smallest absolute Gasteiger partial charge is 0.330 e. The van der Waals surface area contributed by atoms with Gasteiger partial charge < -0.3 is 24.8 Å². The molecular weight excluding hydrogens is 304 g/mol. The maximum Gasteiger partial charge on any atom is 0.330 e. The molecule has 0 saturated carbocycles. The molecule has 1 aromatic rings. The highest BCUT2D eigenvalue weighted by Gasteiger charge is 2.26. The molecule has 124 valence electrons. The van der Waals surface area contributed by atoms with Gasteiger partial charge in [-0.05, 0) is 12.1 Å². The maximum atomic E-state index is 12.0. The molecule has 23 heavy (non-hydrogen) atoms. The van der Waals surface area contributed by atoms with Crippen LogP contribution in [0.5, 0.6) is 5.75 Å². The largest absolute Gasteiger partial charge is 0.482 e. The van der Waals surface area contributed by atoms with E-state index in [2.05, 4.69) is 10.1 Å². The summed E-state index contributed by atoms with van der Waals surface area (Å²) in [5.74, 6) is -0.863. The van der Waals surface area contributed by atoms with E-state index in [4.69, 9.17) is 9.84 Å². The molecule has 0 aliphatic carbocycles. The Morgan fingerprint density at radius 2 is 2.17 bits per heavy atom. The number of ether oxygens (including phenoxy) is 2. The molecule has 2 N–H and O–H groups in total. The van der Waals surface area contributed by atoms with Gasteiger partial charge in [0.25, 0.3) is 5.91 Å². The van der Waals surface area contributed by atoms with Crippen molar-refractivity contribution < 1.29 is 29.0 Å². The number of hydrogen-bond acceptors (Lipinski definition) is 6. The average molecular weight is 322 g/mol. The second kappa shape index (κ2) is 7.59. The molecule has 2 rings (SSSR count). The molecule has 1 aromatic carbocycles. The number of rotatable bonds is 6. The van der Waals surface area contributed by atoms with Crippen LogP contribution in [0.2, 0.25) is 0 Å². The van der Waals surface area contributed by atoms with Gasteiger partial charge in [-0.3, -0.25) is 9.59 Å². The lowest BCUT2D eigenvalue weighted by Gasteiger charge is -2.29. The quantitative estimate of drug-likeness (QED) is 0.681. The molecule has 8 heteroatoms. The average Bonchev–Trinajstić information content (AvgIpc) is 2.58. The molecule has 1 aliphatic rings. The lowest BCUT2D eigenvalue weighted by molar-refractivity contribution is -0.146. The van der Waals surface area contributed by atoms with Crippen LogP contribution in [-0.2, 0) is 19.1 Å². The first-order chi connectivity index (χ1) is 11.1. The van der Waals surface area contributed by atoms with Crippen LogP contribution in [0, 0.1) is 0 Å². The van der Waals surface area contributed by atoms with Gasteiger partial charge in [0, 0.05) is 13.0 Å². The van der Waals surface area contributed by atoms with Crippen LogP contribution in [0.4, 0.5) is 5.69 Å². The SMILES string of the molecule is COC(=O)[C@H](CO)NC(=O)CCN1C(=O)COc2ccccc21. The minimum absolute atomic E-state index is 0.0203. The molecule has 0 unspecified atom stereocenters. The van der Waals surface area contributed by atoms with Crippen molar-refractivity contribution in [2.24, 2.45) is 0 Å². The minimum Gasteiger partial charge on any atom is -0.482 e. The molecule has 0 aromatic heterocycles. The van der Waals surface area contributed by atoms with Crippen molar-refractivity contribution in [2.75, 3.05) is 31.8 Å². The number of benzene rings is 1. The van der Waals surface area contributed by atoms with Crippen molar-refractivity contribution >= 4 is 23.5 Å². The summed E-state index contributed by atoms with van der Waals surface area (Å²) in [4.78, 5) is 36.6. The number of aliphatic hydroxyl groups is 1. The first-order valence-corrected chi connectivity index (χ1v) is 7.07. The van der Waals surface area contributed by atoms with Crippen molar-refractivity contribution in [3.05, 3.63) is 24.3 Å². The molecule has 1 aliphatic heterocycles. The fraction of sp³-hybridized carbons (Fsp3) is 0.400. The van der Waals surface area contributed by atoms with E-state index in [-0.39, 0.29) is 25.5 Å². The third-order valence-corrected chi connectivity index (χ3v) is 3.37. The van der Waals surface area contributed by atoms with Crippen molar-refractivity contribution in [1.29, 1.82) is 0 Å².